The number of nitrogens with two attached hydrogens (primary N) is 1. The van der Waals surface area contributed by atoms with Gasteiger partial charge in [-0.25, -0.2) is 4.99 Å². The van der Waals surface area contributed by atoms with Crippen LogP contribution in [0.4, 0.5) is 0 Å². The zero-order valence-electron chi connectivity index (χ0n) is 24.4. The third kappa shape index (κ3) is 7.52. The van der Waals surface area contributed by atoms with Crippen molar-refractivity contribution in [3.63, 3.8) is 0 Å². The Morgan fingerprint density at radius 3 is 2.66 bits per heavy atom. The minimum atomic E-state index is -0.615. The lowest BCUT2D eigenvalue weighted by Crippen LogP contribution is -2.63. The summed E-state index contributed by atoms with van der Waals surface area (Å²) in [5, 5.41) is 2.80. The Morgan fingerprint density at radius 1 is 1.17 bits per heavy atom. The van der Waals surface area contributed by atoms with Crippen LogP contribution in [0.3, 0.4) is 0 Å². The average Bonchev–Trinajstić information content (AvgIpc) is 3.18. The van der Waals surface area contributed by atoms with Crippen LogP contribution in [-0.2, 0) is 4.79 Å². The number of piperazine rings is 1. The summed E-state index contributed by atoms with van der Waals surface area (Å²) in [6.45, 7) is 11.3. The van der Waals surface area contributed by atoms with E-state index in [0.29, 0.717) is 36.1 Å². The zero-order valence-corrected chi connectivity index (χ0v) is 26.0. The molecule has 0 bridgehead atoms. The molecule has 0 aliphatic carbocycles. The first kappa shape index (κ1) is 30.7. The number of halogens is 1. The Bertz CT molecular complexity index is 1430. The van der Waals surface area contributed by atoms with Gasteiger partial charge >= 0.3 is 0 Å². The lowest BCUT2D eigenvalue weighted by Gasteiger charge is -2.47. The van der Waals surface area contributed by atoms with Crippen molar-refractivity contribution >= 4 is 45.9 Å². The SMILES string of the molecule is C/C(=C\N=C(N)C(=O)N1CCN(C(=O)c2cccc(C3=CCC(C)C=CS3)c2)CC1(C)C)C(C)c1cccc(Cl)c1. The van der Waals surface area contributed by atoms with E-state index in [-0.39, 0.29) is 23.6 Å². The number of carbonyl (C=O) groups is 2. The molecule has 8 heteroatoms. The molecule has 2 aromatic carbocycles. The minimum Gasteiger partial charge on any atom is -0.379 e. The predicted octanol–water partition coefficient (Wildman–Crippen LogP) is 7.10. The minimum absolute atomic E-state index is 0.0367. The largest absolute Gasteiger partial charge is 0.379 e. The summed E-state index contributed by atoms with van der Waals surface area (Å²) in [5.74, 6) is 0.138. The van der Waals surface area contributed by atoms with E-state index in [4.69, 9.17) is 17.3 Å². The fourth-order valence-electron chi connectivity index (χ4n) is 5.06. The van der Waals surface area contributed by atoms with Crippen LogP contribution in [0.2, 0.25) is 5.02 Å². The Kier molecular flexibility index (Phi) is 9.82. The number of benzene rings is 2. The Hall–Kier alpha value is -3.29. The van der Waals surface area contributed by atoms with Crippen molar-refractivity contribution < 1.29 is 9.59 Å². The van der Waals surface area contributed by atoms with Crippen molar-refractivity contribution in [3.05, 3.63) is 99.6 Å². The molecule has 2 aliphatic heterocycles. The highest BCUT2D eigenvalue weighted by Gasteiger charge is 2.39. The maximum Gasteiger partial charge on any atom is 0.289 e. The van der Waals surface area contributed by atoms with E-state index in [2.05, 4.69) is 36.4 Å². The second-order valence-electron chi connectivity index (χ2n) is 11.5. The van der Waals surface area contributed by atoms with Crippen molar-refractivity contribution in [2.45, 2.75) is 52.5 Å². The molecule has 0 aromatic heterocycles. The summed E-state index contributed by atoms with van der Waals surface area (Å²) in [5.41, 5.74) is 9.28. The molecule has 2 aliphatic rings. The summed E-state index contributed by atoms with van der Waals surface area (Å²) >= 11 is 7.83. The Morgan fingerprint density at radius 2 is 1.93 bits per heavy atom. The van der Waals surface area contributed by atoms with Crippen molar-refractivity contribution in [3.8, 4) is 0 Å². The molecule has 0 saturated carbocycles. The van der Waals surface area contributed by atoms with E-state index in [0.717, 1.165) is 28.0 Å². The van der Waals surface area contributed by atoms with Gasteiger partial charge in [-0.3, -0.25) is 9.59 Å². The van der Waals surface area contributed by atoms with Crippen LogP contribution in [0.5, 0.6) is 0 Å². The number of hydrogen-bond donors (Lipinski definition) is 1. The number of allylic oxidation sites excluding steroid dienone is 3. The van der Waals surface area contributed by atoms with Gasteiger partial charge in [0.25, 0.3) is 11.8 Å². The molecule has 2 unspecified atom stereocenters. The quantitative estimate of drug-likeness (QED) is 0.298. The van der Waals surface area contributed by atoms with Gasteiger partial charge in [-0.2, -0.15) is 0 Å². The highest BCUT2D eigenvalue weighted by atomic mass is 35.5. The summed E-state index contributed by atoms with van der Waals surface area (Å²) < 4.78 is 0. The Labute approximate surface area is 253 Å². The van der Waals surface area contributed by atoms with Gasteiger partial charge in [-0.1, -0.05) is 73.6 Å². The van der Waals surface area contributed by atoms with Gasteiger partial charge in [0.2, 0.25) is 0 Å². The molecule has 6 nitrogen and oxygen atoms in total. The molecule has 1 saturated heterocycles. The molecule has 2 amide bonds. The van der Waals surface area contributed by atoms with Gasteiger partial charge in [-0.15, -0.1) is 0 Å². The van der Waals surface area contributed by atoms with E-state index < -0.39 is 5.54 Å². The number of hydrogen-bond acceptors (Lipinski definition) is 4. The predicted molar refractivity (Wildman–Crippen MR) is 172 cm³/mol. The van der Waals surface area contributed by atoms with Gasteiger partial charge in [-0.05, 0) is 79.5 Å². The summed E-state index contributed by atoms with van der Waals surface area (Å²) in [6, 6.07) is 15.5. The standard InChI is InChI=1S/C33H39ClN4O2S/c1-22-12-13-29(41-17-14-22)26-9-6-10-27(18-26)31(39)37-15-16-38(33(4,5)21-37)32(40)30(35)36-20-23(2)24(3)25-8-7-11-28(34)19-25/h6-11,13-14,17-20,22,24H,12,15-16,21H2,1-5H3,(H2,35,36)/b23-20+. The first-order chi connectivity index (χ1) is 19.5. The van der Waals surface area contributed by atoms with Crippen molar-refractivity contribution in [1.82, 2.24) is 9.80 Å². The molecular formula is C33H39ClN4O2S. The normalized spacial score (nSPS) is 20.3. The molecule has 216 valence electrons. The smallest absolute Gasteiger partial charge is 0.289 e. The molecular weight excluding hydrogens is 552 g/mol. The summed E-state index contributed by atoms with van der Waals surface area (Å²) in [4.78, 5) is 35.9. The zero-order chi connectivity index (χ0) is 29.7. The molecule has 0 spiro atoms. The van der Waals surface area contributed by atoms with E-state index >= 15 is 0 Å². The number of thioether (sulfide) groups is 1. The van der Waals surface area contributed by atoms with E-state index in [1.54, 1.807) is 22.9 Å². The third-order valence-corrected chi connectivity index (χ3v) is 8.95. The monoisotopic (exact) mass is 590 g/mol. The molecule has 1 fully saturated rings. The fraction of sp³-hybridized carbons (Fsp3) is 0.364. The van der Waals surface area contributed by atoms with Gasteiger partial charge in [0.05, 0.1) is 5.54 Å². The van der Waals surface area contributed by atoms with Crippen LogP contribution in [0.25, 0.3) is 4.91 Å². The number of nitrogens with zero attached hydrogens (tertiary/aromatic N) is 3. The van der Waals surface area contributed by atoms with Gasteiger partial charge in [0, 0.05) is 47.2 Å². The first-order valence-electron chi connectivity index (χ1n) is 14.0. The molecule has 0 radical (unpaired) electrons. The van der Waals surface area contributed by atoms with Crippen molar-refractivity contribution in [2.24, 2.45) is 16.6 Å². The lowest BCUT2D eigenvalue weighted by atomic mass is 9.95. The molecule has 2 aromatic rings. The van der Waals surface area contributed by atoms with E-state index in [1.807, 2.05) is 74.2 Å². The van der Waals surface area contributed by atoms with Gasteiger partial charge in [0.15, 0.2) is 5.84 Å². The Balaban J connectivity index is 1.43. The molecule has 2 heterocycles. The number of amides is 2. The summed E-state index contributed by atoms with van der Waals surface area (Å²) in [6.07, 6.45) is 7.08. The van der Waals surface area contributed by atoms with E-state index in [1.165, 1.54) is 0 Å². The van der Waals surface area contributed by atoms with Crippen LogP contribution >= 0.6 is 23.4 Å². The number of amidine groups is 1. The average molecular weight is 591 g/mol. The summed E-state index contributed by atoms with van der Waals surface area (Å²) in [7, 11) is 0. The second-order valence-corrected chi connectivity index (χ2v) is 12.9. The maximum absolute atomic E-state index is 13.5. The number of rotatable bonds is 5. The van der Waals surface area contributed by atoms with Crippen LogP contribution in [0.15, 0.2) is 82.9 Å². The number of aliphatic imine (C=N–C) groups is 1. The van der Waals surface area contributed by atoms with Gasteiger partial charge in [0.1, 0.15) is 0 Å². The maximum atomic E-state index is 13.5. The molecule has 41 heavy (non-hydrogen) atoms. The van der Waals surface area contributed by atoms with E-state index in [9.17, 15) is 9.59 Å². The van der Waals surface area contributed by atoms with Crippen LogP contribution in [0.1, 0.15) is 68.4 Å². The number of carbonyl (C=O) groups excluding carboxylic acids is 2. The molecule has 2 atom stereocenters. The second kappa shape index (κ2) is 13.1. The van der Waals surface area contributed by atoms with Crippen molar-refractivity contribution in [1.29, 1.82) is 0 Å². The van der Waals surface area contributed by atoms with Crippen molar-refractivity contribution in [2.75, 3.05) is 19.6 Å². The molecule has 2 N–H and O–H groups in total. The van der Waals surface area contributed by atoms with Crippen LogP contribution < -0.4 is 5.73 Å². The third-order valence-electron chi connectivity index (χ3n) is 7.76. The topological polar surface area (TPSA) is 79.0 Å². The van der Waals surface area contributed by atoms with Crippen LogP contribution in [-0.4, -0.2) is 52.6 Å². The highest BCUT2D eigenvalue weighted by Crippen LogP contribution is 2.33. The first-order valence-corrected chi connectivity index (χ1v) is 15.2. The highest BCUT2D eigenvalue weighted by molar-refractivity contribution is 8.10. The van der Waals surface area contributed by atoms with Gasteiger partial charge < -0.3 is 15.5 Å². The molecule has 4 rings (SSSR count). The fourth-order valence-corrected chi connectivity index (χ4v) is 6.21. The van der Waals surface area contributed by atoms with Crippen LogP contribution in [0, 0.1) is 5.92 Å². The lowest BCUT2D eigenvalue weighted by molar-refractivity contribution is -0.132.